The summed E-state index contributed by atoms with van der Waals surface area (Å²) in [6, 6.07) is 8.81. The molecule has 0 spiro atoms. The molecule has 138 valence electrons. The topological polar surface area (TPSA) is 36.1 Å². The normalized spacial score (nSPS) is 31.5. The van der Waals surface area contributed by atoms with Crippen molar-refractivity contribution in [1.82, 2.24) is 9.88 Å². The van der Waals surface area contributed by atoms with E-state index in [0.29, 0.717) is 11.7 Å². The van der Waals surface area contributed by atoms with Gasteiger partial charge in [-0.25, -0.2) is 0 Å². The lowest BCUT2D eigenvalue weighted by Gasteiger charge is -2.56. The van der Waals surface area contributed by atoms with Crippen LogP contribution < -0.4 is 0 Å². The summed E-state index contributed by atoms with van der Waals surface area (Å²) in [5.74, 6) is 1.81. The maximum absolute atomic E-state index is 12.2. The fraction of sp³-hybridized carbons (Fsp3) is 0.609. The number of carbonyl (C=O) groups excluding carboxylic acids is 1. The predicted molar refractivity (Wildman–Crippen MR) is 105 cm³/mol. The number of aromatic amines is 1. The maximum atomic E-state index is 12.2. The van der Waals surface area contributed by atoms with E-state index < -0.39 is 0 Å². The first-order valence-electron chi connectivity index (χ1n) is 10.6. The van der Waals surface area contributed by atoms with Crippen LogP contribution in [0.3, 0.4) is 0 Å². The lowest BCUT2D eigenvalue weighted by molar-refractivity contribution is -0.127. The maximum Gasteiger partial charge on any atom is 0.133 e. The molecule has 1 aliphatic carbocycles. The Morgan fingerprint density at radius 3 is 3.00 bits per heavy atom. The zero-order chi connectivity index (χ0) is 17.7. The van der Waals surface area contributed by atoms with Gasteiger partial charge in [-0.1, -0.05) is 38.0 Å². The van der Waals surface area contributed by atoms with Crippen LogP contribution in [-0.2, 0) is 16.8 Å². The molecule has 1 aromatic heterocycles. The van der Waals surface area contributed by atoms with Gasteiger partial charge in [0.05, 0.1) is 5.54 Å². The van der Waals surface area contributed by atoms with E-state index in [1.807, 2.05) is 0 Å². The molecule has 2 aliphatic heterocycles. The fourth-order valence-electron chi connectivity index (χ4n) is 6.17. The summed E-state index contributed by atoms with van der Waals surface area (Å²) in [6.45, 7) is 4.66. The highest BCUT2D eigenvalue weighted by Crippen LogP contribution is 2.52. The van der Waals surface area contributed by atoms with E-state index in [1.54, 1.807) is 5.56 Å². The standard InChI is InChI=1S/C23H30N2O/c1-2-3-11-23-14-17-13-18(26)9-8-16(17)15-25(23)12-10-20-19-6-4-5-7-21(19)24-22(20)23/h4-7,16-17,24H,2-3,8-15H2,1H3/t16-,17-,23?/m1/s1. The van der Waals surface area contributed by atoms with Crippen LogP contribution in [0.1, 0.15) is 63.1 Å². The zero-order valence-electron chi connectivity index (χ0n) is 15.9. The molecule has 3 heterocycles. The zero-order valence-corrected chi connectivity index (χ0v) is 15.9. The summed E-state index contributed by atoms with van der Waals surface area (Å²) in [6.07, 6.45) is 8.79. The Hall–Kier alpha value is -1.61. The molecule has 1 N–H and O–H groups in total. The molecule has 3 heteroatoms. The first-order chi connectivity index (χ1) is 12.7. The second-order valence-corrected chi connectivity index (χ2v) is 8.86. The molecule has 0 radical (unpaired) electrons. The number of para-hydroxylation sites is 1. The Kier molecular flexibility index (Phi) is 3.97. The van der Waals surface area contributed by atoms with Crippen molar-refractivity contribution in [3.63, 3.8) is 0 Å². The first-order valence-corrected chi connectivity index (χ1v) is 10.6. The number of rotatable bonds is 3. The number of H-pyrrole nitrogens is 1. The molecule has 1 saturated carbocycles. The van der Waals surface area contributed by atoms with Crippen LogP contribution in [0.2, 0.25) is 0 Å². The number of carbonyl (C=O) groups is 1. The van der Waals surface area contributed by atoms with Gasteiger partial charge in [-0.15, -0.1) is 0 Å². The van der Waals surface area contributed by atoms with Crippen molar-refractivity contribution in [3.8, 4) is 0 Å². The van der Waals surface area contributed by atoms with Crippen molar-refractivity contribution in [2.45, 2.75) is 63.8 Å². The average molecular weight is 351 g/mol. The van der Waals surface area contributed by atoms with Crippen molar-refractivity contribution in [1.29, 1.82) is 0 Å². The summed E-state index contributed by atoms with van der Waals surface area (Å²) in [7, 11) is 0. The van der Waals surface area contributed by atoms with E-state index >= 15 is 0 Å². The molecule has 0 bridgehead atoms. The summed E-state index contributed by atoms with van der Waals surface area (Å²) < 4.78 is 0. The largest absolute Gasteiger partial charge is 0.357 e. The third-order valence-corrected chi connectivity index (χ3v) is 7.47. The van der Waals surface area contributed by atoms with E-state index in [9.17, 15) is 4.79 Å². The van der Waals surface area contributed by atoms with Gasteiger partial charge in [0, 0.05) is 42.5 Å². The number of Topliss-reactive ketones (excluding diaryl/α,β-unsaturated/α-hetero) is 1. The summed E-state index contributed by atoms with van der Waals surface area (Å²) >= 11 is 0. The molecular weight excluding hydrogens is 320 g/mol. The molecule has 3 aliphatic rings. The smallest absolute Gasteiger partial charge is 0.133 e. The highest BCUT2D eigenvalue weighted by molar-refractivity contribution is 5.85. The van der Waals surface area contributed by atoms with Crippen LogP contribution in [0.15, 0.2) is 24.3 Å². The predicted octanol–water partition coefficient (Wildman–Crippen LogP) is 4.80. The lowest BCUT2D eigenvalue weighted by Crippen LogP contribution is -2.58. The Labute approximate surface area is 156 Å². The second kappa shape index (κ2) is 6.23. The monoisotopic (exact) mass is 350 g/mol. The minimum absolute atomic E-state index is 0.126. The van der Waals surface area contributed by atoms with Gasteiger partial charge < -0.3 is 4.98 Å². The molecule has 5 rings (SSSR count). The van der Waals surface area contributed by atoms with E-state index in [1.165, 1.54) is 55.4 Å². The van der Waals surface area contributed by atoms with Gasteiger partial charge >= 0.3 is 0 Å². The number of aromatic nitrogens is 1. The molecule has 0 amide bonds. The van der Waals surface area contributed by atoms with Crippen molar-refractivity contribution >= 4 is 16.7 Å². The number of unbranched alkanes of at least 4 members (excludes halogenated alkanes) is 1. The number of piperidine rings is 1. The van der Waals surface area contributed by atoms with E-state index in [0.717, 1.165) is 31.6 Å². The van der Waals surface area contributed by atoms with Gasteiger partial charge in [0.2, 0.25) is 0 Å². The van der Waals surface area contributed by atoms with Crippen molar-refractivity contribution in [3.05, 3.63) is 35.5 Å². The van der Waals surface area contributed by atoms with Crippen LogP contribution in [0.25, 0.3) is 10.9 Å². The van der Waals surface area contributed by atoms with Gasteiger partial charge in [-0.2, -0.15) is 0 Å². The molecule has 26 heavy (non-hydrogen) atoms. The number of hydrogen-bond donors (Lipinski definition) is 1. The Morgan fingerprint density at radius 1 is 1.23 bits per heavy atom. The third kappa shape index (κ3) is 2.40. The first kappa shape index (κ1) is 16.6. The molecule has 2 fully saturated rings. The van der Waals surface area contributed by atoms with Crippen molar-refractivity contribution in [2.24, 2.45) is 11.8 Å². The Morgan fingerprint density at radius 2 is 2.12 bits per heavy atom. The number of hydrogen-bond acceptors (Lipinski definition) is 2. The van der Waals surface area contributed by atoms with Crippen LogP contribution in [0, 0.1) is 11.8 Å². The molecular formula is C23H30N2O. The molecule has 1 saturated heterocycles. The summed E-state index contributed by atoms with van der Waals surface area (Å²) in [5, 5.41) is 1.42. The van der Waals surface area contributed by atoms with Crippen molar-refractivity contribution < 1.29 is 4.79 Å². The average Bonchev–Trinajstić information content (AvgIpc) is 3.04. The van der Waals surface area contributed by atoms with Crippen LogP contribution in [-0.4, -0.2) is 28.8 Å². The Bertz CT molecular complexity index is 838. The highest BCUT2D eigenvalue weighted by atomic mass is 16.1. The van der Waals surface area contributed by atoms with Gasteiger partial charge in [0.25, 0.3) is 0 Å². The van der Waals surface area contributed by atoms with Gasteiger partial charge in [-0.3, -0.25) is 9.69 Å². The quantitative estimate of drug-likeness (QED) is 0.863. The molecule has 1 unspecified atom stereocenters. The van der Waals surface area contributed by atoms with E-state index in [2.05, 4.69) is 41.1 Å². The van der Waals surface area contributed by atoms with Gasteiger partial charge in [0.15, 0.2) is 0 Å². The van der Waals surface area contributed by atoms with Gasteiger partial charge in [-0.05, 0) is 49.1 Å². The van der Waals surface area contributed by atoms with Crippen LogP contribution in [0.5, 0.6) is 0 Å². The number of nitrogens with zero attached hydrogens (tertiary/aromatic N) is 1. The van der Waals surface area contributed by atoms with Crippen molar-refractivity contribution in [2.75, 3.05) is 13.1 Å². The third-order valence-electron chi connectivity index (χ3n) is 7.47. The number of fused-ring (bicyclic) bond motifs is 6. The number of nitrogens with one attached hydrogen (secondary N) is 1. The van der Waals surface area contributed by atoms with Gasteiger partial charge in [0.1, 0.15) is 5.78 Å². The highest BCUT2D eigenvalue weighted by Gasteiger charge is 2.51. The SMILES string of the molecule is CCCCC12C[C@H]3CC(=O)CC[C@@H]3CN1CCc1c2[nH]c2ccccc12. The molecule has 3 atom stereocenters. The molecule has 1 aromatic carbocycles. The molecule has 3 nitrogen and oxygen atoms in total. The fourth-order valence-corrected chi connectivity index (χ4v) is 6.17. The van der Waals surface area contributed by atoms with Crippen LogP contribution in [0.4, 0.5) is 0 Å². The Balaban J connectivity index is 1.62. The minimum atomic E-state index is 0.126. The number of benzene rings is 1. The second-order valence-electron chi connectivity index (χ2n) is 8.86. The summed E-state index contributed by atoms with van der Waals surface area (Å²) in [5.41, 5.74) is 4.45. The van der Waals surface area contributed by atoms with E-state index in [-0.39, 0.29) is 5.54 Å². The summed E-state index contributed by atoms with van der Waals surface area (Å²) in [4.78, 5) is 18.8. The lowest BCUT2D eigenvalue weighted by atomic mass is 9.64. The van der Waals surface area contributed by atoms with E-state index in [4.69, 9.17) is 0 Å². The minimum Gasteiger partial charge on any atom is -0.357 e. The van der Waals surface area contributed by atoms with Crippen LogP contribution >= 0.6 is 0 Å². The number of ketones is 1. The molecule has 2 aromatic rings.